The van der Waals surface area contributed by atoms with Gasteiger partial charge in [0.25, 0.3) is 17.6 Å². The quantitative estimate of drug-likeness (QED) is 0.699. The second-order valence-corrected chi connectivity index (χ2v) is 7.29. The van der Waals surface area contributed by atoms with Gasteiger partial charge in [-0.3, -0.25) is 4.79 Å². The van der Waals surface area contributed by atoms with E-state index < -0.39 is 0 Å². The van der Waals surface area contributed by atoms with Crippen LogP contribution in [0.2, 0.25) is 0 Å². The first-order valence-corrected chi connectivity index (χ1v) is 9.54. The highest BCUT2D eigenvalue weighted by Crippen LogP contribution is 2.24. The van der Waals surface area contributed by atoms with Crippen molar-refractivity contribution in [3.63, 3.8) is 0 Å². The van der Waals surface area contributed by atoms with E-state index in [0.717, 1.165) is 24.2 Å². The number of carbonyl (C=O) groups is 1. The van der Waals surface area contributed by atoms with E-state index in [2.05, 4.69) is 47.1 Å². The Balaban J connectivity index is 1.43. The van der Waals surface area contributed by atoms with E-state index in [0.29, 0.717) is 19.0 Å². The van der Waals surface area contributed by atoms with Gasteiger partial charge in [0.05, 0.1) is 0 Å². The third-order valence-electron chi connectivity index (χ3n) is 5.40. The fourth-order valence-corrected chi connectivity index (χ4v) is 3.49. The molecular formula is C22H24N4O2. The minimum absolute atomic E-state index is 0.121. The van der Waals surface area contributed by atoms with Gasteiger partial charge in [-0.25, -0.2) is 0 Å². The fraction of sp³-hybridized carbons (Fsp3) is 0.318. The van der Waals surface area contributed by atoms with Gasteiger partial charge < -0.3 is 14.3 Å². The number of aryl methyl sites for hydroxylation is 2. The highest BCUT2D eigenvalue weighted by molar-refractivity contribution is 5.91. The summed E-state index contributed by atoms with van der Waals surface area (Å²) in [7, 11) is 0. The van der Waals surface area contributed by atoms with Gasteiger partial charge in [0.15, 0.2) is 0 Å². The Labute approximate surface area is 164 Å². The third-order valence-corrected chi connectivity index (χ3v) is 5.40. The Morgan fingerprint density at radius 1 is 0.964 bits per heavy atom. The monoisotopic (exact) mass is 376 g/mol. The van der Waals surface area contributed by atoms with Crippen LogP contribution in [0.5, 0.6) is 0 Å². The van der Waals surface area contributed by atoms with Gasteiger partial charge in [-0.2, -0.15) is 4.98 Å². The molecule has 0 spiro atoms. The Bertz CT molecular complexity index is 986. The minimum Gasteiger partial charge on any atom is -0.368 e. The largest absolute Gasteiger partial charge is 0.368 e. The van der Waals surface area contributed by atoms with Crippen LogP contribution in [0, 0.1) is 20.8 Å². The van der Waals surface area contributed by atoms with Crippen molar-refractivity contribution in [2.45, 2.75) is 20.8 Å². The number of amides is 1. The molecule has 1 aromatic heterocycles. The average Bonchev–Trinajstić information content (AvgIpc) is 3.20. The highest BCUT2D eigenvalue weighted by atomic mass is 16.5. The van der Waals surface area contributed by atoms with Crippen molar-refractivity contribution in [3.8, 4) is 11.5 Å². The van der Waals surface area contributed by atoms with Crippen LogP contribution in [0.3, 0.4) is 0 Å². The first kappa shape index (κ1) is 18.2. The number of hydrogen-bond acceptors (Lipinski definition) is 5. The zero-order valence-corrected chi connectivity index (χ0v) is 16.5. The number of hydrogen-bond donors (Lipinski definition) is 0. The molecule has 0 N–H and O–H groups in total. The molecule has 1 aliphatic heterocycles. The molecule has 0 unspecified atom stereocenters. The molecule has 2 heterocycles. The zero-order chi connectivity index (χ0) is 19.7. The number of piperazine rings is 1. The maximum atomic E-state index is 12.8. The van der Waals surface area contributed by atoms with Gasteiger partial charge in [0.1, 0.15) is 0 Å². The van der Waals surface area contributed by atoms with E-state index in [9.17, 15) is 4.79 Å². The molecule has 0 saturated carbocycles. The maximum absolute atomic E-state index is 12.8. The lowest BCUT2D eigenvalue weighted by molar-refractivity contribution is 0.0731. The molecule has 1 amide bonds. The molecule has 6 nitrogen and oxygen atoms in total. The van der Waals surface area contributed by atoms with Crippen LogP contribution in [0.4, 0.5) is 5.69 Å². The second kappa shape index (κ2) is 7.46. The topological polar surface area (TPSA) is 62.5 Å². The van der Waals surface area contributed by atoms with E-state index in [4.69, 9.17) is 4.52 Å². The molecule has 28 heavy (non-hydrogen) atoms. The first-order valence-electron chi connectivity index (χ1n) is 9.54. The summed E-state index contributed by atoms with van der Waals surface area (Å²) in [5.41, 5.74) is 5.79. The SMILES string of the molecule is Cc1ccc(-c2nc(C(=O)N3CCN(c4cccc(C)c4C)CC3)no2)cc1. The molecule has 144 valence electrons. The molecule has 1 saturated heterocycles. The molecule has 0 aliphatic carbocycles. The van der Waals surface area contributed by atoms with Gasteiger partial charge in [-0.05, 0) is 50.1 Å². The van der Waals surface area contributed by atoms with Crippen molar-refractivity contribution in [1.82, 2.24) is 15.0 Å². The van der Waals surface area contributed by atoms with E-state index in [1.54, 1.807) is 4.90 Å². The lowest BCUT2D eigenvalue weighted by Crippen LogP contribution is -2.49. The summed E-state index contributed by atoms with van der Waals surface area (Å²) < 4.78 is 5.30. The van der Waals surface area contributed by atoms with Crippen molar-refractivity contribution in [2.75, 3.05) is 31.1 Å². The summed E-state index contributed by atoms with van der Waals surface area (Å²) in [5.74, 6) is 0.316. The van der Waals surface area contributed by atoms with Crippen LogP contribution < -0.4 is 4.90 Å². The van der Waals surface area contributed by atoms with Crippen LogP contribution in [-0.4, -0.2) is 47.1 Å². The van der Waals surface area contributed by atoms with Crippen LogP contribution in [0.15, 0.2) is 47.0 Å². The molecule has 0 bridgehead atoms. The van der Waals surface area contributed by atoms with Gasteiger partial charge in [-0.15, -0.1) is 0 Å². The van der Waals surface area contributed by atoms with Crippen LogP contribution in [0.1, 0.15) is 27.3 Å². The smallest absolute Gasteiger partial charge is 0.295 e. The Morgan fingerprint density at radius 2 is 1.68 bits per heavy atom. The average molecular weight is 376 g/mol. The molecular weight excluding hydrogens is 352 g/mol. The number of carbonyl (C=O) groups excluding carboxylic acids is 1. The first-order chi connectivity index (χ1) is 13.5. The molecule has 4 rings (SSSR count). The number of nitrogens with zero attached hydrogens (tertiary/aromatic N) is 4. The molecule has 0 radical (unpaired) electrons. The summed E-state index contributed by atoms with van der Waals surface area (Å²) in [6.45, 7) is 9.15. The molecule has 2 aromatic carbocycles. The van der Waals surface area contributed by atoms with Crippen LogP contribution >= 0.6 is 0 Å². The van der Waals surface area contributed by atoms with Crippen molar-refractivity contribution in [3.05, 3.63) is 65.0 Å². The number of aromatic nitrogens is 2. The van der Waals surface area contributed by atoms with Crippen molar-refractivity contribution in [1.29, 1.82) is 0 Å². The van der Waals surface area contributed by atoms with Crippen LogP contribution in [0.25, 0.3) is 11.5 Å². The summed E-state index contributed by atoms with van der Waals surface area (Å²) in [5, 5.41) is 3.90. The standard InChI is InChI=1S/C22H24N4O2/c1-15-7-9-18(10-8-15)21-23-20(24-28-21)22(27)26-13-11-25(12-14-26)19-6-4-5-16(2)17(19)3/h4-10H,11-14H2,1-3H3. The van der Waals surface area contributed by atoms with E-state index in [-0.39, 0.29) is 11.7 Å². The van der Waals surface area contributed by atoms with Gasteiger partial charge in [-0.1, -0.05) is 35.0 Å². The Hall–Kier alpha value is -3.15. The Kier molecular flexibility index (Phi) is 4.86. The summed E-state index contributed by atoms with van der Waals surface area (Å²) in [6.07, 6.45) is 0. The number of benzene rings is 2. The van der Waals surface area contributed by atoms with Gasteiger partial charge >= 0.3 is 0 Å². The lowest BCUT2D eigenvalue weighted by Gasteiger charge is -2.36. The normalized spacial score (nSPS) is 14.4. The third kappa shape index (κ3) is 3.50. The summed E-state index contributed by atoms with van der Waals surface area (Å²) >= 11 is 0. The Morgan fingerprint density at radius 3 is 2.39 bits per heavy atom. The highest BCUT2D eigenvalue weighted by Gasteiger charge is 2.26. The summed E-state index contributed by atoms with van der Waals surface area (Å²) in [4.78, 5) is 21.2. The maximum Gasteiger partial charge on any atom is 0.295 e. The minimum atomic E-state index is -0.178. The summed E-state index contributed by atoms with van der Waals surface area (Å²) in [6, 6.07) is 14.1. The fourth-order valence-electron chi connectivity index (χ4n) is 3.49. The van der Waals surface area contributed by atoms with E-state index in [1.807, 2.05) is 31.2 Å². The number of anilines is 1. The molecule has 6 heteroatoms. The van der Waals surface area contributed by atoms with E-state index in [1.165, 1.54) is 16.8 Å². The van der Waals surface area contributed by atoms with Crippen molar-refractivity contribution < 1.29 is 9.32 Å². The van der Waals surface area contributed by atoms with Crippen molar-refractivity contribution in [2.24, 2.45) is 0 Å². The predicted molar refractivity (Wildman–Crippen MR) is 109 cm³/mol. The molecule has 0 atom stereocenters. The second-order valence-electron chi connectivity index (χ2n) is 7.29. The van der Waals surface area contributed by atoms with Gasteiger partial charge in [0.2, 0.25) is 0 Å². The lowest BCUT2D eigenvalue weighted by atomic mass is 10.1. The molecule has 3 aromatic rings. The molecule has 1 aliphatic rings. The number of rotatable bonds is 3. The molecule has 1 fully saturated rings. The van der Waals surface area contributed by atoms with Gasteiger partial charge in [0, 0.05) is 37.4 Å². The predicted octanol–water partition coefficient (Wildman–Crippen LogP) is 3.62. The van der Waals surface area contributed by atoms with Crippen molar-refractivity contribution >= 4 is 11.6 Å². The van der Waals surface area contributed by atoms with Crippen LogP contribution in [-0.2, 0) is 0 Å². The van der Waals surface area contributed by atoms with E-state index >= 15 is 0 Å². The zero-order valence-electron chi connectivity index (χ0n) is 16.5.